The Kier molecular flexibility index (Phi) is 6.47. The summed E-state index contributed by atoms with van der Waals surface area (Å²) < 4.78 is 27.5. The maximum atomic E-state index is 13.2. The van der Waals surface area contributed by atoms with Gasteiger partial charge in [-0.15, -0.1) is 0 Å². The first kappa shape index (κ1) is 21.2. The van der Waals surface area contributed by atoms with Gasteiger partial charge in [-0.25, -0.2) is 8.42 Å². The fraction of sp³-hybridized carbons (Fsp3) is 0.0952. The van der Waals surface area contributed by atoms with Crippen molar-refractivity contribution in [2.45, 2.75) is 11.8 Å². The number of halogens is 2. The van der Waals surface area contributed by atoms with Crippen molar-refractivity contribution in [3.8, 4) is 0 Å². The lowest BCUT2D eigenvalue weighted by Crippen LogP contribution is -2.38. The standard InChI is InChI=1S/C21H18Cl2N2O3S/c1-15-10-11-17(23)13-20(15)24-21(26)14-25(18-7-5-6-16(22)12-18)29(27,28)19-8-3-2-4-9-19/h2-13H,14H2,1H3,(H,24,26). The van der Waals surface area contributed by atoms with Gasteiger partial charge < -0.3 is 5.32 Å². The number of nitrogens with zero attached hydrogens (tertiary/aromatic N) is 1. The summed E-state index contributed by atoms with van der Waals surface area (Å²) in [5.74, 6) is -0.505. The molecule has 0 aliphatic carbocycles. The number of sulfonamides is 1. The van der Waals surface area contributed by atoms with Gasteiger partial charge in [0.15, 0.2) is 0 Å². The Labute approximate surface area is 179 Å². The first-order valence-corrected chi connectivity index (χ1v) is 10.9. The number of rotatable bonds is 6. The quantitative estimate of drug-likeness (QED) is 0.567. The summed E-state index contributed by atoms with van der Waals surface area (Å²) in [6.07, 6.45) is 0. The maximum absolute atomic E-state index is 13.2. The summed E-state index contributed by atoms with van der Waals surface area (Å²) in [6, 6.07) is 19.4. The average Bonchev–Trinajstić information content (AvgIpc) is 2.69. The van der Waals surface area contributed by atoms with E-state index in [1.165, 1.54) is 18.2 Å². The van der Waals surface area contributed by atoms with E-state index < -0.39 is 22.5 Å². The summed E-state index contributed by atoms with van der Waals surface area (Å²) >= 11 is 12.1. The molecule has 0 heterocycles. The number of hydrogen-bond acceptors (Lipinski definition) is 3. The zero-order valence-corrected chi connectivity index (χ0v) is 17.8. The van der Waals surface area contributed by atoms with E-state index in [1.807, 2.05) is 6.92 Å². The molecule has 1 N–H and O–H groups in total. The van der Waals surface area contributed by atoms with Crippen molar-refractivity contribution in [3.05, 3.63) is 88.4 Å². The molecule has 0 saturated heterocycles. The third kappa shape index (κ3) is 5.09. The minimum atomic E-state index is -3.99. The lowest BCUT2D eigenvalue weighted by atomic mass is 10.2. The molecule has 0 aliphatic heterocycles. The predicted octanol–water partition coefficient (Wildman–Crippen LogP) is 5.14. The van der Waals surface area contributed by atoms with Crippen LogP contribution in [0.1, 0.15) is 5.56 Å². The normalized spacial score (nSPS) is 11.1. The highest BCUT2D eigenvalue weighted by molar-refractivity contribution is 7.92. The molecule has 3 rings (SSSR count). The first-order chi connectivity index (χ1) is 13.8. The van der Waals surface area contributed by atoms with Gasteiger partial charge in [0.25, 0.3) is 10.0 Å². The van der Waals surface area contributed by atoms with Crippen LogP contribution >= 0.6 is 23.2 Å². The van der Waals surface area contributed by atoms with Crippen LogP contribution in [-0.2, 0) is 14.8 Å². The molecule has 0 bridgehead atoms. The van der Waals surface area contributed by atoms with E-state index in [2.05, 4.69) is 5.32 Å². The SMILES string of the molecule is Cc1ccc(Cl)cc1NC(=O)CN(c1cccc(Cl)c1)S(=O)(=O)c1ccccc1. The van der Waals surface area contributed by atoms with Crippen LogP contribution in [0.2, 0.25) is 10.0 Å². The van der Waals surface area contributed by atoms with E-state index in [9.17, 15) is 13.2 Å². The molecule has 8 heteroatoms. The molecule has 0 aliphatic rings. The second-order valence-corrected chi connectivity index (χ2v) is 9.05. The average molecular weight is 449 g/mol. The van der Waals surface area contributed by atoms with Crippen LogP contribution in [0.25, 0.3) is 0 Å². The summed E-state index contributed by atoms with van der Waals surface area (Å²) in [5, 5.41) is 3.56. The molecule has 0 spiro atoms. The first-order valence-electron chi connectivity index (χ1n) is 8.67. The van der Waals surface area contributed by atoms with Gasteiger partial charge in [-0.2, -0.15) is 0 Å². The van der Waals surface area contributed by atoms with Gasteiger partial charge in [0.1, 0.15) is 6.54 Å². The third-order valence-electron chi connectivity index (χ3n) is 4.19. The molecule has 0 saturated carbocycles. The number of nitrogens with one attached hydrogen (secondary N) is 1. The van der Waals surface area contributed by atoms with Crippen molar-refractivity contribution in [2.75, 3.05) is 16.2 Å². The van der Waals surface area contributed by atoms with Crippen LogP contribution < -0.4 is 9.62 Å². The van der Waals surface area contributed by atoms with E-state index in [-0.39, 0.29) is 4.90 Å². The minimum absolute atomic E-state index is 0.0757. The van der Waals surface area contributed by atoms with E-state index in [4.69, 9.17) is 23.2 Å². The molecule has 150 valence electrons. The second kappa shape index (κ2) is 8.86. The minimum Gasteiger partial charge on any atom is -0.324 e. The highest BCUT2D eigenvalue weighted by atomic mass is 35.5. The Morgan fingerprint density at radius 3 is 2.31 bits per heavy atom. The van der Waals surface area contributed by atoms with E-state index in [0.717, 1.165) is 9.87 Å². The van der Waals surface area contributed by atoms with Crippen molar-refractivity contribution in [1.82, 2.24) is 0 Å². The van der Waals surface area contributed by atoms with E-state index >= 15 is 0 Å². The Morgan fingerprint density at radius 2 is 1.62 bits per heavy atom. The van der Waals surface area contributed by atoms with Gasteiger partial charge in [0, 0.05) is 15.7 Å². The lowest BCUT2D eigenvalue weighted by Gasteiger charge is -2.24. The van der Waals surface area contributed by atoms with Gasteiger partial charge in [-0.05, 0) is 55.0 Å². The summed E-state index contributed by atoms with van der Waals surface area (Å²) in [6.45, 7) is 1.39. The highest BCUT2D eigenvalue weighted by Gasteiger charge is 2.27. The van der Waals surface area contributed by atoms with Crippen LogP contribution in [0, 0.1) is 6.92 Å². The zero-order valence-electron chi connectivity index (χ0n) is 15.5. The molecule has 3 aromatic rings. The largest absolute Gasteiger partial charge is 0.324 e. The van der Waals surface area contributed by atoms with Gasteiger partial charge >= 0.3 is 0 Å². The van der Waals surface area contributed by atoms with Crippen LogP contribution in [0.15, 0.2) is 77.7 Å². The van der Waals surface area contributed by atoms with E-state index in [0.29, 0.717) is 21.4 Å². The molecule has 0 aromatic heterocycles. The molecule has 0 unspecified atom stereocenters. The number of benzene rings is 3. The Hall–Kier alpha value is -2.54. The molecule has 3 aromatic carbocycles. The Bertz CT molecular complexity index is 1140. The number of carbonyl (C=O) groups is 1. The van der Waals surface area contributed by atoms with Crippen molar-refractivity contribution in [3.63, 3.8) is 0 Å². The zero-order chi connectivity index (χ0) is 21.0. The smallest absolute Gasteiger partial charge is 0.264 e. The third-order valence-corrected chi connectivity index (χ3v) is 6.45. The second-order valence-electron chi connectivity index (χ2n) is 6.31. The number of amides is 1. The molecular weight excluding hydrogens is 431 g/mol. The lowest BCUT2D eigenvalue weighted by molar-refractivity contribution is -0.114. The molecule has 29 heavy (non-hydrogen) atoms. The van der Waals surface area contributed by atoms with Gasteiger partial charge in [0.05, 0.1) is 10.6 Å². The molecule has 0 radical (unpaired) electrons. The van der Waals surface area contributed by atoms with Crippen molar-refractivity contribution < 1.29 is 13.2 Å². The molecular formula is C21H18Cl2N2O3S. The van der Waals surface area contributed by atoms with Gasteiger partial charge in [0.2, 0.25) is 5.91 Å². The molecule has 0 atom stereocenters. The number of aryl methyl sites for hydroxylation is 1. The summed E-state index contributed by atoms with van der Waals surface area (Å²) in [4.78, 5) is 12.8. The van der Waals surface area contributed by atoms with E-state index in [1.54, 1.807) is 54.6 Å². The van der Waals surface area contributed by atoms with Crippen LogP contribution in [0.5, 0.6) is 0 Å². The topological polar surface area (TPSA) is 66.5 Å². The van der Waals surface area contributed by atoms with Gasteiger partial charge in [-0.3, -0.25) is 9.10 Å². The van der Waals surface area contributed by atoms with Crippen molar-refractivity contribution >= 4 is 50.5 Å². The fourth-order valence-electron chi connectivity index (χ4n) is 2.72. The number of anilines is 2. The monoisotopic (exact) mass is 448 g/mol. The van der Waals surface area contributed by atoms with Crippen molar-refractivity contribution in [2.24, 2.45) is 0 Å². The highest BCUT2D eigenvalue weighted by Crippen LogP contribution is 2.26. The number of hydrogen-bond donors (Lipinski definition) is 1. The van der Waals surface area contributed by atoms with Crippen LogP contribution in [0.4, 0.5) is 11.4 Å². The Morgan fingerprint density at radius 1 is 0.931 bits per heavy atom. The van der Waals surface area contributed by atoms with Crippen molar-refractivity contribution in [1.29, 1.82) is 0 Å². The molecule has 1 amide bonds. The van der Waals surface area contributed by atoms with Gasteiger partial charge in [-0.1, -0.05) is 53.5 Å². The molecule has 0 fully saturated rings. The Balaban J connectivity index is 1.95. The van der Waals surface area contributed by atoms with Crippen LogP contribution in [-0.4, -0.2) is 20.9 Å². The predicted molar refractivity (Wildman–Crippen MR) is 117 cm³/mol. The molecule has 5 nitrogen and oxygen atoms in total. The summed E-state index contributed by atoms with van der Waals surface area (Å²) in [7, 11) is -3.99. The summed E-state index contributed by atoms with van der Waals surface area (Å²) in [5.41, 5.74) is 1.62. The number of carbonyl (C=O) groups excluding carboxylic acids is 1. The maximum Gasteiger partial charge on any atom is 0.264 e. The fourth-order valence-corrected chi connectivity index (χ4v) is 4.51. The van der Waals surface area contributed by atoms with Crippen LogP contribution in [0.3, 0.4) is 0 Å².